The SMILES string of the molecule is CN(C)c1nccc(CNS(=O)(=O)c2cnc[nH]2)n1. The molecule has 0 saturated carbocycles. The average molecular weight is 282 g/mol. The van der Waals surface area contributed by atoms with Gasteiger partial charge in [-0.3, -0.25) is 0 Å². The molecule has 0 aromatic carbocycles. The highest BCUT2D eigenvalue weighted by molar-refractivity contribution is 7.89. The standard InChI is InChI=1S/C10H14N6O2S/c1-16(2)10-12-4-3-8(15-10)5-14-19(17,18)9-6-11-7-13-9/h3-4,6-7,14H,5H2,1-2H3,(H,11,13). The molecule has 0 amide bonds. The zero-order valence-corrected chi connectivity index (χ0v) is 11.3. The molecule has 2 N–H and O–H groups in total. The number of rotatable bonds is 5. The van der Waals surface area contributed by atoms with Crippen LogP contribution in [0.25, 0.3) is 0 Å². The Morgan fingerprint density at radius 3 is 2.84 bits per heavy atom. The molecule has 0 bridgehead atoms. The van der Waals surface area contributed by atoms with Crippen LogP contribution in [0.15, 0.2) is 29.8 Å². The number of anilines is 1. The van der Waals surface area contributed by atoms with E-state index in [0.717, 1.165) is 0 Å². The summed E-state index contributed by atoms with van der Waals surface area (Å²) in [5.41, 5.74) is 0.585. The summed E-state index contributed by atoms with van der Waals surface area (Å²) in [6.07, 6.45) is 4.14. The quantitative estimate of drug-likeness (QED) is 0.783. The third kappa shape index (κ3) is 3.26. The van der Waals surface area contributed by atoms with Crippen molar-refractivity contribution < 1.29 is 8.42 Å². The minimum absolute atomic E-state index is 0.0226. The third-order valence-electron chi connectivity index (χ3n) is 2.31. The van der Waals surface area contributed by atoms with Crippen molar-refractivity contribution in [2.75, 3.05) is 19.0 Å². The van der Waals surface area contributed by atoms with Gasteiger partial charge in [-0.1, -0.05) is 0 Å². The lowest BCUT2D eigenvalue weighted by Crippen LogP contribution is -2.24. The number of nitrogens with one attached hydrogen (secondary N) is 2. The highest BCUT2D eigenvalue weighted by atomic mass is 32.2. The van der Waals surface area contributed by atoms with Crippen LogP contribution in [-0.2, 0) is 16.6 Å². The molecule has 102 valence electrons. The topological polar surface area (TPSA) is 104 Å². The zero-order chi connectivity index (χ0) is 13.9. The van der Waals surface area contributed by atoms with Gasteiger partial charge < -0.3 is 9.88 Å². The summed E-state index contributed by atoms with van der Waals surface area (Å²) in [5, 5.41) is 0.0226. The fraction of sp³-hybridized carbons (Fsp3) is 0.300. The molecule has 0 fully saturated rings. The van der Waals surface area contributed by atoms with Crippen LogP contribution in [0.5, 0.6) is 0 Å². The lowest BCUT2D eigenvalue weighted by molar-refractivity contribution is 0.577. The second kappa shape index (κ2) is 5.33. The molecule has 0 aliphatic heterocycles. The third-order valence-corrected chi connectivity index (χ3v) is 3.63. The van der Waals surface area contributed by atoms with Crippen LogP contribution in [0.4, 0.5) is 5.95 Å². The van der Waals surface area contributed by atoms with Gasteiger partial charge in [0.25, 0.3) is 10.0 Å². The number of aromatic amines is 1. The molecule has 0 aliphatic carbocycles. The first-order valence-corrected chi connectivity index (χ1v) is 6.94. The van der Waals surface area contributed by atoms with Gasteiger partial charge in [-0.15, -0.1) is 0 Å². The Bertz CT molecular complexity index is 638. The highest BCUT2D eigenvalue weighted by Crippen LogP contribution is 2.06. The fourth-order valence-corrected chi connectivity index (χ4v) is 2.24. The van der Waals surface area contributed by atoms with E-state index in [2.05, 4.69) is 24.7 Å². The van der Waals surface area contributed by atoms with E-state index in [4.69, 9.17) is 0 Å². The van der Waals surface area contributed by atoms with E-state index < -0.39 is 10.0 Å². The van der Waals surface area contributed by atoms with Crippen molar-refractivity contribution in [2.24, 2.45) is 0 Å². The van der Waals surface area contributed by atoms with Gasteiger partial charge in [-0.05, 0) is 6.07 Å². The molecule has 8 nitrogen and oxygen atoms in total. The Hall–Kier alpha value is -2.00. The lowest BCUT2D eigenvalue weighted by atomic mass is 10.4. The minimum atomic E-state index is -3.59. The Balaban J connectivity index is 2.09. The molecule has 2 aromatic heterocycles. The molecule has 0 atom stereocenters. The van der Waals surface area contributed by atoms with Gasteiger partial charge in [0, 0.05) is 20.3 Å². The number of imidazole rings is 1. The van der Waals surface area contributed by atoms with Crippen LogP contribution in [0.3, 0.4) is 0 Å². The Morgan fingerprint density at radius 2 is 2.21 bits per heavy atom. The van der Waals surface area contributed by atoms with Crippen molar-refractivity contribution in [3.8, 4) is 0 Å². The summed E-state index contributed by atoms with van der Waals surface area (Å²) in [6, 6.07) is 1.66. The number of H-pyrrole nitrogens is 1. The molecule has 0 aliphatic rings. The van der Waals surface area contributed by atoms with Crippen molar-refractivity contribution in [3.63, 3.8) is 0 Å². The fourth-order valence-electron chi connectivity index (χ4n) is 1.34. The van der Waals surface area contributed by atoms with Crippen LogP contribution >= 0.6 is 0 Å². The second-order valence-electron chi connectivity index (χ2n) is 3.98. The van der Waals surface area contributed by atoms with E-state index in [9.17, 15) is 8.42 Å². The van der Waals surface area contributed by atoms with Crippen molar-refractivity contribution in [1.29, 1.82) is 0 Å². The number of hydrogen-bond acceptors (Lipinski definition) is 6. The average Bonchev–Trinajstić information content (AvgIpc) is 2.91. The van der Waals surface area contributed by atoms with Crippen molar-refractivity contribution in [2.45, 2.75) is 11.6 Å². The second-order valence-corrected chi connectivity index (χ2v) is 5.72. The molecular formula is C10H14N6O2S. The zero-order valence-electron chi connectivity index (χ0n) is 10.5. The number of nitrogens with zero attached hydrogens (tertiary/aromatic N) is 4. The summed E-state index contributed by atoms with van der Waals surface area (Å²) >= 11 is 0. The Morgan fingerprint density at radius 1 is 1.42 bits per heavy atom. The largest absolute Gasteiger partial charge is 0.347 e. The summed E-state index contributed by atoms with van der Waals surface area (Å²) in [6.45, 7) is 0.0880. The summed E-state index contributed by atoms with van der Waals surface area (Å²) in [7, 11) is 0.0364. The summed E-state index contributed by atoms with van der Waals surface area (Å²) in [5.74, 6) is 0.526. The molecule has 9 heteroatoms. The van der Waals surface area contributed by atoms with Gasteiger partial charge in [-0.2, -0.15) is 0 Å². The number of sulfonamides is 1. The molecule has 19 heavy (non-hydrogen) atoms. The van der Waals surface area contributed by atoms with Gasteiger partial charge in [-0.25, -0.2) is 28.1 Å². The van der Waals surface area contributed by atoms with Gasteiger partial charge in [0.05, 0.1) is 24.8 Å². The molecule has 0 unspecified atom stereocenters. The predicted molar refractivity (Wildman–Crippen MR) is 69.0 cm³/mol. The summed E-state index contributed by atoms with van der Waals surface area (Å²) in [4.78, 5) is 16.2. The van der Waals surface area contributed by atoms with Gasteiger partial charge in [0.15, 0.2) is 5.03 Å². The first-order chi connectivity index (χ1) is 8.99. The molecule has 2 aromatic rings. The van der Waals surface area contributed by atoms with E-state index in [1.54, 1.807) is 17.2 Å². The van der Waals surface area contributed by atoms with Crippen LogP contribution in [0.1, 0.15) is 5.69 Å². The number of aromatic nitrogens is 4. The van der Waals surface area contributed by atoms with Gasteiger partial charge in [0.2, 0.25) is 5.95 Å². The first kappa shape index (κ1) is 13.4. The molecule has 0 spiro atoms. The summed E-state index contributed by atoms with van der Waals surface area (Å²) < 4.78 is 26.1. The van der Waals surface area contributed by atoms with Crippen LogP contribution in [-0.4, -0.2) is 42.4 Å². The molecule has 0 radical (unpaired) electrons. The van der Waals surface area contributed by atoms with Crippen LogP contribution in [0.2, 0.25) is 0 Å². The normalized spacial score (nSPS) is 11.5. The van der Waals surface area contributed by atoms with E-state index in [1.165, 1.54) is 12.5 Å². The smallest absolute Gasteiger partial charge is 0.257 e. The van der Waals surface area contributed by atoms with Crippen molar-refractivity contribution in [1.82, 2.24) is 24.7 Å². The maximum atomic E-state index is 11.8. The van der Waals surface area contributed by atoms with E-state index in [1.807, 2.05) is 14.1 Å². The Kier molecular flexibility index (Phi) is 3.76. The Labute approximate surface area is 111 Å². The molecule has 0 saturated heterocycles. The first-order valence-electron chi connectivity index (χ1n) is 5.46. The van der Waals surface area contributed by atoms with Crippen molar-refractivity contribution >= 4 is 16.0 Å². The molecule has 2 rings (SSSR count). The molecular weight excluding hydrogens is 268 g/mol. The predicted octanol–water partition coefficient (Wildman–Crippen LogP) is -0.256. The molecule has 2 heterocycles. The van der Waals surface area contributed by atoms with Crippen LogP contribution < -0.4 is 9.62 Å². The van der Waals surface area contributed by atoms with E-state index in [-0.39, 0.29) is 11.6 Å². The number of hydrogen-bond donors (Lipinski definition) is 2. The lowest BCUT2D eigenvalue weighted by Gasteiger charge is -2.11. The van der Waals surface area contributed by atoms with Crippen LogP contribution in [0, 0.1) is 0 Å². The maximum absolute atomic E-state index is 11.8. The monoisotopic (exact) mass is 282 g/mol. The van der Waals surface area contributed by atoms with Crippen molar-refractivity contribution in [3.05, 3.63) is 30.5 Å². The highest BCUT2D eigenvalue weighted by Gasteiger charge is 2.15. The minimum Gasteiger partial charge on any atom is -0.347 e. The van der Waals surface area contributed by atoms with Gasteiger partial charge in [0.1, 0.15) is 0 Å². The van der Waals surface area contributed by atoms with Gasteiger partial charge >= 0.3 is 0 Å². The van der Waals surface area contributed by atoms with E-state index >= 15 is 0 Å². The maximum Gasteiger partial charge on any atom is 0.257 e. The van der Waals surface area contributed by atoms with E-state index in [0.29, 0.717) is 11.6 Å².